The highest BCUT2D eigenvalue weighted by Gasteiger charge is 2.48. The van der Waals surface area contributed by atoms with E-state index in [1.165, 1.54) is 12.0 Å². The molecule has 1 saturated heterocycles. The molecule has 2 heterocycles. The highest BCUT2D eigenvalue weighted by molar-refractivity contribution is 6.51. The fourth-order valence-corrected chi connectivity index (χ4v) is 3.81. The highest BCUT2D eigenvalue weighted by atomic mass is 16.5. The lowest BCUT2D eigenvalue weighted by molar-refractivity contribution is -0.132. The van der Waals surface area contributed by atoms with Gasteiger partial charge in [-0.25, -0.2) is 0 Å². The van der Waals surface area contributed by atoms with Crippen LogP contribution in [0.3, 0.4) is 0 Å². The fourth-order valence-electron chi connectivity index (χ4n) is 3.81. The molecule has 1 unspecified atom stereocenters. The van der Waals surface area contributed by atoms with Crippen LogP contribution in [-0.2, 0) is 9.59 Å². The minimum absolute atomic E-state index is 0.0353. The van der Waals surface area contributed by atoms with Gasteiger partial charge >= 0.3 is 0 Å². The maximum absolute atomic E-state index is 13.2. The second kappa shape index (κ2) is 9.56. The average Bonchev–Trinajstić information content (AvgIpc) is 3.13. The Morgan fingerprint density at radius 3 is 2.42 bits per heavy atom. The summed E-state index contributed by atoms with van der Waals surface area (Å²) in [6, 6.07) is 18.0. The lowest BCUT2D eigenvalue weighted by Crippen LogP contribution is -2.30. The molecular weight excluding hydrogens is 420 g/mol. The molecule has 1 fully saturated rings. The number of ether oxygens (including phenoxy) is 2. The van der Waals surface area contributed by atoms with Crippen LogP contribution >= 0.6 is 0 Å². The summed E-state index contributed by atoms with van der Waals surface area (Å²) in [6.07, 6.45) is 2.45. The number of benzene rings is 2. The van der Waals surface area contributed by atoms with E-state index in [1.807, 2.05) is 6.92 Å². The number of aliphatic hydroxyl groups is 1. The summed E-state index contributed by atoms with van der Waals surface area (Å²) in [4.78, 5) is 32.1. The maximum Gasteiger partial charge on any atom is 0.300 e. The van der Waals surface area contributed by atoms with Crippen LogP contribution < -0.4 is 14.4 Å². The van der Waals surface area contributed by atoms with Gasteiger partial charge in [-0.05, 0) is 55.0 Å². The van der Waals surface area contributed by atoms with Crippen molar-refractivity contribution in [2.24, 2.45) is 0 Å². The van der Waals surface area contributed by atoms with Crippen LogP contribution in [0.25, 0.3) is 5.76 Å². The van der Waals surface area contributed by atoms with E-state index in [1.54, 1.807) is 72.9 Å². The SMILES string of the molecule is CCCOc1ccc(/C(O)=C2/C(=O)C(=O)N(c3ccccc3OC)C2c2ccccn2)cc1. The zero-order chi connectivity index (χ0) is 23.4. The number of aromatic nitrogens is 1. The predicted molar refractivity (Wildman–Crippen MR) is 124 cm³/mol. The largest absolute Gasteiger partial charge is 0.507 e. The Hall–Kier alpha value is -4.13. The van der Waals surface area contributed by atoms with Crippen LogP contribution in [-0.4, -0.2) is 35.5 Å². The van der Waals surface area contributed by atoms with Gasteiger partial charge in [-0.1, -0.05) is 25.1 Å². The van der Waals surface area contributed by atoms with Gasteiger partial charge in [-0.15, -0.1) is 0 Å². The molecule has 7 heteroatoms. The van der Waals surface area contributed by atoms with Crippen molar-refractivity contribution in [3.05, 3.63) is 89.8 Å². The number of Topliss-reactive ketones (excluding diaryl/α,β-unsaturated/α-hetero) is 1. The third kappa shape index (κ3) is 4.17. The number of carbonyl (C=O) groups is 2. The van der Waals surface area contributed by atoms with Crippen LogP contribution in [0, 0.1) is 0 Å². The van der Waals surface area contributed by atoms with Gasteiger partial charge < -0.3 is 14.6 Å². The third-order valence-corrected chi connectivity index (χ3v) is 5.36. The van der Waals surface area contributed by atoms with E-state index in [0.29, 0.717) is 35.1 Å². The lowest BCUT2D eigenvalue weighted by Gasteiger charge is -2.26. The molecule has 33 heavy (non-hydrogen) atoms. The van der Waals surface area contributed by atoms with E-state index in [4.69, 9.17) is 9.47 Å². The number of carbonyl (C=O) groups excluding carboxylic acids is 2. The molecule has 0 radical (unpaired) electrons. The van der Waals surface area contributed by atoms with E-state index in [0.717, 1.165) is 6.42 Å². The van der Waals surface area contributed by atoms with Crippen LogP contribution in [0.2, 0.25) is 0 Å². The van der Waals surface area contributed by atoms with Crippen molar-refractivity contribution in [1.82, 2.24) is 4.98 Å². The molecule has 1 amide bonds. The molecule has 0 aliphatic carbocycles. The Bertz CT molecular complexity index is 1190. The van der Waals surface area contributed by atoms with Gasteiger partial charge in [-0.2, -0.15) is 0 Å². The fraction of sp³-hybridized carbons (Fsp3) is 0.192. The third-order valence-electron chi connectivity index (χ3n) is 5.36. The first-order valence-electron chi connectivity index (χ1n) is 10.6. The standard InChI is InChI=1S/C26H24N2O5/c1-3-16-33-18-13-11-17(12-14-18)24(29)22-23(19-8-6-7-15-27-19)28(26(31)25(22)30)20-9-4-5-10-21(20)32-2/h4-15,23,29H,3,16H2,1-2H3/b24-22-. The molecular formula is C26H24N2O5. The Kier molecular flexibility index (Phi) is 6.40. The van der Waals surface area contributed by atoms with Gasteiger partial charge in [0.15, 0.2) is 0 Å². The predicted octanol–water partition coefficient (Wildman–Crippen LogP) is 4.51. The van der Waals surface area contributed by atoms with Crippen molar-refractivity contribution in [3.63, 3.8) is 0 Å². The van der Waals surface area contributed by atoms with Gasteiger partial charge in [0.1, 0.15) is 23.3 Å². The summed E-state index contributed by atoms with van der Waals surface area (Å²) in [5, 5.41) is 11.2. The Labute approximate surface area is 191 Å². The molecule has 0 bridgehead atoms. The summed E-state index contributed by atoms with van der Waals surface area (Å²) in [5.74, 6) is -0.745. The number of aliphatic hydroxyl groups excluding tert-OH is 1. The minimum atomic E-state index is -0.918. The second-order valence-electron chi connectivity index (χ2n) is 7.47. The van der Waals surface area contributed by atoms with Crippen molar-refractivity contribution >= 4 is 23.1 Å². The molecule has 1 atom stereocenters. The maximum atomic E-state index is 13.2. The molecule has 2 aromatic carbocycles. The molecule has 0 spiro atoms. The van der Waals surface area contributed by atoms with Crippen LogP contribution in [0.5, 0.6) is 11.5 Å². The molecule has 0 saturated carbocycles. The number of rotatable bonds is 7. The van der Waals surface area contributed by atoms with Crippen molar-refractivity contribution < 1.29 is 24.2 Å². The van der Waals surface area contributed by atoms with Gasteiger partial charge in [0, 0.05) is 11.8 Å². The zero-order valence-corrected chi connectivity index (χ0v) is 18.4. The van der Waals surface area contributed by atoms with Crippen LogP contribution in [0.4, 0.5) is 5.69 Å². The molecule has 1 aliphatic heterocycles. The molecule has 7 nitrogen and oxygen atoms in total. The van der Waals surface area contributed by atoms with Crippen molar-refractivity contribution in [1.29, 1.82) is 0 Å². The number of methoxy groups -OCH3 is 1. The molecule has 3 aromatic rings. The molecule has 1 aromatic heterocycles. The summed E-state index contributed by atoms with van der Waals surface area (Å²) in [7, 11) is 1.49. The minimum Gasteiger partial charge on any atom is -0.507 e. The van der Waals surface area contributed by atoms with Gasteiger partial charge in [0.2, 0.25) is 0 Å². The van der Waals surface area contributed by atoms with E-state index in [2.05, 4.69) is 4.98 Å². The molecule has 168 valence electrons. The number of hydrogen-bond donors (Lipinski definition) is 1. The summed E-state index contributed by atoms with van der Waals surface area (Å²) >= 11 is 0. The quantitative estimate of drug-likeness (QED) is 0.328. The highest BCUT2D eigenvalue weighted by Crippen LogP contribution is 2.44. The van der Waals surface area contributed by atoms with E-state index >= 15 is 0 Å². The first kappa shape index (κ1) is 22.1. The van der Waals surface area contributed by atoms with Crippen LogP contribution in [0.1, 0.15) is 30.6 Å². The summed E-state index contributed by atoms with van der Waals surface area (Å²) in [5.41, 5.74) is 1.23. The van der Waals surface area contributed by atoms with Gasteiger partial charge in [0.25, 0.3) is 11.7 Å². The second-order valence-corrected chi connectivity index (χ2v) is 7.47. The van der Waals surface area contributed by atoms with Crippen LogP contribution in [0.15, 0.2) is 78.5 Å². The van der Waals surface area contributed by atoms with Crippen molar-refractivity contribution in [2.75, 3.05) is 18.6 Å². The topological polar surface area (TPSA) is 89.0 Å². The van der Waals surface area contributed by atoms with E-state index in [-0.39, 0.29) is 11.3 Å². The number of pyridine rings is 1. The first-order chi connectivity index (χ1) is 16.1. The van der Waals surface area contributed by atoms with Crippen molar-refractivity contribution in [3.8, 4) is 11.5 Å². The summed E-state index contributed by atoms with van der Waals surface area (Å²) in [6.45, 7) is 2.59. The monoisotopic (exact) mass is 444 g/mol. The Balaban J connectivity index is 1.86. The number of nitrogens with zero attached hydrogens (tertiary/aromatic N) is 2. The van der Waals surface area contributed by atoms with Crippen molar-refractivity contribution in [2.45, 2.75) is 19.4 Å². The van der Waals surface area contributed by atoms with Gasteiger partial charge in [0.05, 0.1) is 30.7 Å². The molecule has 1 aliphatic rings. The number of hydrogen-bond acceptors (Lipinski definition) is 6. The Morgan fingerprint density at radius 1 is 1.03 bits per heavy atom. The Morgan fingerprint density at radius 2 is 1.76 bits per heavy atom. The first-order valence-corrected chi connectivity index (χ1v) is 10.6. The number of ketones is 1. The number of anilines is 1. The summed E-state index contributed by atoms with van der Waals surface area (Å²) < 4.78 is 11.0. The average molecular weight is 444 g/mol. The smallest absolute Gasteiger partial charge is 0.300 e. The van der Waals surface area contributed by atoms with Gasteiger partial charge in [-0.3, -0.25) is 19.5 Å². The zero-order valence-electron chi connectivity index (χ0n) is 18.4. The normalized spacial score (nSPS) is 17.3. The molecule has 1 N–H and O–H groups in total. The number of para-hydroxylation sites is 2. The number of amides is 1. The van der Waals surface area contributed by atoms with E-state index < -0.39 is 17.7 Å². The molecule has 4 rings (SSSR count). The lowest BCUT2D eigenvalue weighted by atomic mass is 9.98. The van der Waals surface area contributed by atoms with E-state index in [9.17, 15) is 14.7 Å².